The molecule has 0 radical (unpaired) electrons. The SMILES string of the molecule is Oc1ccc(-c2ccncc2F)cc1F. The van der Waals surface area contributed by atoms with E-state index in [0.717, 1.165) is 12.3 Å². The molecule has 0 amide bonds. The van der Waals surface area contributed by atoms with Crippen LogP contribution in [0.4, 0.5) is 8.78 Å². The third-order valence-electron chi connectivity index (χ3n) is 2.03. The van der Waals surface area contributed by atoms with Crippen LogP contribution >= 0.6 is 0 Å². The quantitative estimate of drug-likeness (QED) is 0.779. The van der Waals surface area contributed by atoms with Crippen LogP contribution in [0.3, 0.4) is 0 Å². The number of phenolic OH excluding ortho intramolecular Hbond substituents is 1. The highest BCUT2D eigenvalue weighted by molar-refractivity contribution is 5.64. The molecule has 2 rings (SSSR count). The summed E-state index contributed by atoms with van der Waals surface area (Å²) in [7, 11) is 0. The van der Waals surface area contributed by atoms with Gasteiger partial charge in [0.05, 0.1) is 6.20 Å². The summed E-state index contributed by atoms with van der Waals surface area (Å²) >= 11 is 0. The third kappa shape index (κ3) is 1.79. The van der Waals surface area contributed by atoms with Crippen molar-refractivity contribution in [3.63, 3.8) is 0 Å². The smallest absolute Gasteiger partial charge is 0.165 e. The minimum absolute atomic E-state index is 0.254. The fraction of sp³-hybridized carbons (Fsp3) is 0. The molecule has 0 aliphatic rings. The number of rotatable bonds is 1. The molecule has 0 aliphatic heterocycles. The Balaban J connectivity index is 2.55. The van der Waals surface area contributed by atoms with Gasteiger partial charge < -0.3 is 5.11 Å². The molecular weight excluding hydrogens is 200 g/mol. The highest BCUT2D eigenvalue weighted by Crippen LogP contribution is 2.26. The molecular formula is C11H7F2NO. The van der Waals surface area contributed by atoms with E-state index in [2.05, 4.69) is 4.98 Å². The molecule has 76 valence electrons. The zero-order valence-corrected chi connectivity index (χ0v) is 7.61. The molecule has 2 nitrogen and oxygen atoms in total. The molecule has 0 atom stereocenters. The van der Waals surface area contributed by atoms with E-state index in [-0.39, 0.29) is 5.56 Å². The van der Waals surface area contributed by atoms with Crippen molar-refractivity contribution in [1.29, 1.82) is 0 Å². The molecule has 0 aliphatic carbocycles. The van der Waals surface area contributed by atoms with Crippen molar-refractivity contribution in [2.75, 3.05) is 0 Å². The van der Waals surface area contributed by atoms with Gasteiger partial charge in [-0.15, -0.1) is 0 Å². The second-order valence-corrected chi connectivity index (χ2v) is 3.02. The topological polar surface area (TPSA) is 33.1 Å². The van der Waals surface area contributed by atoms with Crippen LogP contribution in [0.5, 0.6) is 5.75 Å². The Morgan fingerprint density at radius 3 is 2.53 bits per heavy atom. The summed E-state index contributed by atoms with van der Waals surface area (Å²) in [6, 6.07) is 5.15. The number of hydrogen-bond acceptors (Lipinski definition) is 2. The maximum Gasteiger partial charge on any atom is 0.165 e. The summed E-state index contributed by atoms with van der Waals surface area (Å²) in [6.07, 6.45) is 2.48. The Bertz CT molecular complexity index is 500. The average molecular weight is 207 g/mol. The molecule has 1 aromatic heterocycles. The number of benzene rings is 1. The number of hydrogen-bond donors (Lipinski definition) is 1. The lowest BCUT2D eigenvalue weighted by Crippen LogP contribution is -1.86. The predicted molar refractivity (Wildman–Crippen MR) is 51.3 cm³/mol. The van der Waals surface area contributed by atoms with Crippen molar-refractivity contribution in [1.82, 2.24) is 4.98 Å². The van der Waals surface area contributed by atoms with E-state index in [1.165, 1.54) is 24.4 Å². The van der Waals surface area contributed by atoms with E-state index in [1.54, 1.807) is 0 Å². The van der Waals surface area contributed by atoms with Crippen molar-refractivity contribution in [2.45, 2.75) is 0 Å². The first-order valence-electron chi connectivity index (χ1n) is 4.27. The van der Waals surface area contributed by atoms with Crippen LogP contribution in [0.2, 0.25) is 0 Å². The van der Waals surface area contributed by atoms with E-state index in [9.17, 15) is 8.78 Å². The zero-order chi connectivity index (χ0) is 10.8. The van der Waals surface area contributed by atoms with Crippen LogP contribution in [-0.2, 0) is 0 Å². The predicted octanol–water partition coefficient (Wildman–Crippen LogP) is 2.73. The lowest BCUT2D eigenvalue weighted by Gasteiger charge is -2.03. The van der Waals surface area contributed by atoms with Gasteiger partial charge in [-0.1, -0.05) is 6.07 Å². The Morgan fingerprint density at radius 1 is 1.07 bits per heavy atom. The summed E-state index contributed by atoms with van der Waals surface area (Å²) in [4.78, 5) is 3.59. The maximum atomic E-state index is 13.3. The average Bonchev–Trinajstić information content (AvgIpc) is 2.23. The first kappa shape index (κ1) is 9.58. The maximum absolute atomic E-state index is 13.3. The van der Waals surface area contributed by atoms with Gasteiger partial charge >= 0.3 is 0 Å². The number of aromatic hydroxyl groups is 1. The Morgan fingerprint density at radius 2 is 1.87 bits per heavy atom. The second-order valence-electron chi connectivity index (χ2n) is 3.02. The summed E-state index contributed by atoms with van der Waals surface area (Å²) in [5.41, 5.74) is 0.620. The molecule has 2 aromatic rings. The summed E-state index contributed by atoms with van der Waals surface area (Å²) in [5.74, 6) is -1.75. The standard InChI is InChI=1S/C11H7F2NO/c12-9-5-7(1-2-11(9)15)8-3-4-14-6-10(8)13/h1-6,15H. The van der Waals surface area contributed by atoms with Gasteiger partial charge in [0.2, 0.25) is 0 Å². The van der Waals surface area contributed by atoms with E-state index < -0.39 is 17.4 Å². The van der Waals surface area contributed by atoms with Gasteiger partial charge in [-0.05, 0) is 23.8 Å². The largest absolute Gasteiger partial charge is 0.505 e. The lowest BCUT2D eigenvalue weighted by molar-refractivity contribution is 0.432. The van der Waals surface area contributed by atoms with Gasteiger partial charge in [-0.3, -0.25) is 4.98 Å². The highest BCUT2D eigenvalue weighted by atomic mass is 19.1. The van der Waals surface area contributed by atoms with Crippen LogP contribution in [-0.4, -0.2) is 10.1 Å². The van der Waals surface area contributed by atoms with Gasteiger partial charge in [-0.2, -0.15) is 0 Å². The third-order valence-corrected chi connectivity index (χ3v) is 2.03. The van der Waals surface area contributed by atoms with Gasteiger partial charge in [0.15, 0.2) is 11.6 Å². The van der Waals surface area contributed by atoms with Crippen LogP contribution in [0.1, 0.15) is 0 Å². The molecule has 1 N–H and O–H groups in total. The summed E-state index contributed by atoms with van der Waals surface area (Å²) in [5, 5.41) is 8.98. The van der Waals surface area contributed by atoms with Crippen LogP contribution in [0, 0.1) is 11.6 Å². The fourth-order valence-electron chi connectivity index (χ4n) is 1.28. The lowest BCUT2D eigenvalue weighted by atomic mass is 10.1. The molecule has 0 unspecified atom stereocenters. The minimum Gasteiger partial charge on any atom is -0.505 e. The number of nitrogens with zero attached hydrogens (tertiary/aromatic N) is 1. The molecule has 0 saturated carbocycles. The molecule has 0 spiro atoms. The van der Waals surface area contributed by atoms with Gasteiger partial charge in [-0.25, -0.2) is 8.78 Å². The molecule has 1 aromatic carbocycles. The van der Waals surface area contributed by atoms with E-state index in [0.29, 0.717) is 5.56 Å². The van der Waals surface area contributed by atoms with Gasteiger partial charge in [0.25, 0.3) is 0 Å². The highest BCUT2D eigenvalue weighted by Gasteiger charge is 2.07. The Labute approximate surface area is 84.8 Å². The van der Waals surface area contributed by atoms with E-state index >= 15 is 0 Å². The number of halogens is 2. The summed E-state index contributed by atoms with van der Waals surface area (Å²) < 4.78 is 26.3. The molecule has 0 saturated heterocycles. The van der Waals surface area contributed by atoms with Crippen LogP contribution in [0.25, 0.3) is 11.1 Å². The van der Waals surface area contributed by atoms with Crippen molar-refractivity contribution in [3.8, 4) is 16.9 Å². The van der Waals surface area contributed by atoms with Crippen LogP contribution in [0.15, 0.2) is 36.7 Å². The molecule has 0 bridgehead atoms. The first-order chi connectivity index (χ1) is 7.18. The monoisotopic (exact) mass is 207 g/mol. The number of pyridine rings is 1. The van der Waals surface area contributed by atoms with Crippen molar-refractivity contribution in [2.24, 2.45) is 0 Å². The van der Waals surface area contributed by atoms with E-state index in [1.807, 2.05) is 0 Å². The number of phenols is 1. The van der Waals surface area contributed by atoms with E-state index in [4.69, 9.17) is 5.11 Å². The zero-order valence-electron chi connectivity index (χ0n) is 7.61. The molecule has 4 heteroatoms. The second kappa shape index (κ2) is 3.65. The van der Waals surface area contributed by atoms with Crippen molar-refractivity contribution >= 4 is 0 Å². The fourth-order valence-corrected chi connectivity index (χ4v) is 1.28. The van der Waals surface area contributed by atoms with Crippen LogP contribution < -0.4 is 0 Å². The Kier molecular flexibility index (Phi) is 2.33. The minimum atomic E-state index is -0.774. The molecule has 0 fully saturated rings. The first-order valence-corrected chi connectivity index (χ1v) is 4.27. The molecule has 1 heterocycles. The van der Waals surface area contributed by atoms with Gasteiger partial charge in [0.1, 0.15) is 5.82 Å². The van der Waals surface area contributed by atoms with Gasteiger partial charge in [0, 0.05) is 11.8 Å². The van der Waals surface area contributed by atoms with Crippen molar-refractivity contribution < 1.29 is 13.9 Å². The summed E-state index contributed by atoms with van der Waals surface area (Å²) in [6.45, 7) is 0. The normalized spacial score (nSPS) is 10.3. The molecule has 15 heavy (non-hydrogen) atoms. The van der Waals surface area contributed by atoms with Crippen molar-refractivity contribution in [3.05, 3.63) is 48.3 Å². The number of aromatic nitrogens is 1. The Hall–Kier alpha value is -1.97.